The van der Waals surface area contributed by atoms with E-state index in [-0.39, 0.29) is 17.3 Å². The highest BCUT2D eigenvalue weighted by Crippen LogP contribution is 2.68. The Hall–Kier alpha value is -0.410. The monoisotopic (exact) mass is 334 g/mol. The third-order valence-electron chi connectivity index (χ3n) is 9.37. The summed E-state index contributed by atoms with van der Waals surface area (Å²) >= 11 is 0. The van der Waals surface area contributed by atoms with Crippen molar-refractivity contribution in [3.05, 3.63) is 0 Å². The third-order valence-corrected chi connectivity index (χ3v) is 9.37. The zero-order valence-corrected chi connectivity index (χ0v) is 15.6. The number of ketones is 1. The summed E-state index contributed by atoms with van der Waals surface area (Å²) in [6.07, 6.45) is 9.25. The Morgan fingerprint density at radius 2 is 1.67 bits per heavy atom. The van der Waals surface area contributed by atoms with E-state index in [0.717, 1.165) is 44.4 Å². The summed E-state index contributed by atoms with van der Waals surface area (Å²) in [5.41, 5.74) is -0.957. The summed E-state index contributed by atoms with van der Waals surface area (Å²) in [6, 6.07) is 0. The molecule has 3 nitrogen and oxygen atoms in total. The molecule has 4 aliphatic carbocycles. The lowest BCUT2D eigenvalue weighted by molar-refractivity contribution is -0.170. The molecule has 0 aromatic carbocycles. The van der Waals surface area contributed by atoms with Crippen molar-refractivity contribution in [2.75, 3.05) is 0 Å². The second kappa shape index (κ2) is 5.30. The molecule has 0 bridgehead atoms. The molecule has 24 heavy (non-hydrogen) atoms. The van der Waals surface area contributed by atoms with Crippen LogP contribution in [0.25, 0.3) is 0 Å². The highest BCUT2D eigenvalue weighted by Gasteiger charge is 2.65. The van der Waals surface area contributed by atoms with Gasteiger partial charge in [-0.1, -0.05) is 13.8 Å². The fourth-order valence-electron chi connectivity index (χ4n) is 7.83. The van der Waals surface area contributed by atoms with E-state index in [2.05, 4.69) is 13.8 Å². The number of rotatable bonds is 1. The Morgan fingerprint density at radius 3 is 2.38 bits per heavy atom. The van der Waals surface area contributed by atoms with Gasteiger partial charge in [-0.15, -0.1) is 0 Å². The minimum absolute atomic E-state index is 0.0216. The van der Waals surface area contributed by atoms with Crippen molar-refractivity contribution in [1.82, 2.24) is 0 Å². The second-order valence-corrected chi connectivity index (χ2v) is 10.00. The molecule has 0 aromatic heterocycles. The van der Waals surface area contributed by atoms with Crippen LogP contribution in [0.5, 0.6) is 0 Å². The first-order chi connectivity index (χ1) is 11.2. The molecule has 0 heterocycles. The van der Waals surface area contributed by atoms with E-state index in [1.165, 1.54) is 12.8 Å². The highest BCUT2D eigenvalue weighted by molar-refractivity contribution is 5.86. The SMILES string of the molecule is CC(=O)[C@@]1(O)CC[C@H]2[C@@H]3CC[C@H]4CC(O)CC[C@]4(C)[C@H]3CC[C@@]21C. The van der Waals surface area contributed by atoms with Gasteiger partial charge >= 0.3 is 0 Å². The fraction of sp³-hybridized carbons (Fsp3) is 0.952. The standard InChI is InChI=1S/C21H34O3/c1-13(22)21(24)11-8-18-16-5-4-14-12-15(23)6-9-19(14,2)17(16)7-10-20(18,21)3/h14-18,23-24H,4-12H2,1-3H3/t14-,15?,16+,17-,18-,19-,20-,21-/m0/s1. The summed E-state index contributed by atoms with van der Waals surface area (Å²) in [6.45, 7) is 6.26. The van der Waals surface area contributed by atoms with Crippen molar-refractivity contribution < 1.29 is 15.0 Å². The van der Waals surface area contributed by atoms with Gasteiger partial charge in [-0.3, -0.25) is 4.79 Å². The van der Waals surface area contributed by atoms with Crippen LogP contribution >= 0.6 is 0 Å². The van der Waals surface area contributed by atoms with E-state index in [1.807, 2.05) is 0 Å². The number of hydrogen-bond donors (Lipinski definition) is 2. The normalized spacial score (nSPS) is 57.0. The van der Waals surface area contributed by atoms with Crippen LogP contribution in [0.3, 0.4) is 0 Å². The maximum atomic E-state index is 12.2. The van der Waals surface area contributed by atoms with Crippen LogP contribution in [0.4, 0.5) is 0 Å². The van der Waals surface area contributed by atoms with Gasteiger partial charge in [0.15, 0.2) is 5.78 Å². The summed E-state index contributed by atoms with van der Waals surface area (Å²) < 4.78 is 0. The Labute approximate surface area is 146 Å². The van der Waals surface area contributed by atoms with Crippen molar-refractivity contribution >= 4 is 5.78 Å². The second-order valence-electron chi connectivity index (χ2n) is 10.00. The summed E-state index contributed by atoms with van der Waals surface area (Å²) in [7, 11) is 0. The molecule has 0 spiro atoms. The predicted molar refractivity (Wildman–Crippen MR) is 93.4 cm³/mol. The molecule has 2 N–H and O–H groups in total. The first-order valence-electron chi connectivity index (χ1n) is 10.1. The van der Waals surface area contributed by atoms with Crippen LogP contribution in [0.2, 0.25) is 0 Å². The molecule has 8 atom stereocenters. The van der Waals surface area contributed by atoms with Crippen LogP contribution in [0.1, 0.15) is 78.6 Å². The minimum Gasteiger partial charge on any atom is -0.393 e. The lowest BCUT2D eigenvalue weighted by atomic mass is 9.44. The molecule has 4 saturated carbocycles. The van der Waals surface area contributed by atoms with E-state index >= 15 is 0 Å². The molecule has 0 saturated heterocycles. The zero-order valence-electron chi connectivity index (χ0n) is 15.6. The minimum atomic E-state index is -1.09. The average Bonchev–Trinajstić information content (AvgIpc) is 2.81. The van der Waals surface area contributed by atoms with E-state index in [0.29, 0.717) is 29.6 Å². The predicted octanol–water partition coefficient (Wildman–Crippen LogP) is 3.71. The lowest BCUT2D eigenvalue weighted by Crippen LogP contribution is -2.58. The van der Waals surface area contributed by atoms with Crippen molar-refractivity contribution in [2.45, 2.75) is 90.3 Å². The number of hydrogen-bond acceptors (Lipinski definition) is 3. The smallest absolute Gasteiger partial charge is 0.161 e. The van der Waals surface area contributed by atoms with Gasteiger partial charge < -0.3 is 10.2 Å². The Kier molecular flexibility index (Phi) is 3.76. The molecule has 3 heteroatoms. The molecular formula is C21H34O3. The first-order valence-corrected chi connectivity index (χ1v) is 10.1. The van der Waals surface area contributed by atoms with Gasteiger partial charge in [-0.25, -0.2) is 0 Å². The lowest BCUT2D eigenvalue weighted by Gasteiger charge is -2.61. The van der Waals surface area contributed by atoms with Gasteiger partial charge in [0.25, 0.3) is 0 Å². The summed E-state index contributed by atoms with van der Waals surface area (Å²) in [5, 5.41) is 21.3. The van der Waals surface area contributed by atoms with Crippen LogP contribution < -0.4 is 0 Å². The zero-order chi connectivity index (χ0) is 17.3. The third kappa shape index (κ3) is 2.00. The number of fused-ring (bicyclic) bond motifs is 5. The molecule has 4 rings (SSSR count). The fourth-order valence-corrected chi connectivity index (χ4v) is 7.83. The van der Waals surface area contributed by atoms with Crippen molar-refractivity contribution in [3.63, 3.8) is 0 Å². The number of aliphatic hydroxyl groups excluding tert-OH is 1. The van der Waals surface area contributed by atoms with Crippen LogP contribution in [0, 0.1) is 34.5 Å². The van der Waals surface area contributed by atoms with Crippen LogP contribution in [0.15, 0.2) is 0 Å². The first kappa shape index (κ1) is 17.0. The average molecular weight is 335 g/mol. The van der Waals surface area contributed by atoms with Crippen LogP contribution in [-0.4, -0.2) is 27.7 Å². The quantitative estimate of drug-likeness (QED) is 0.768. The largest absolute Gasteiger partial charge is 0.393 e. The van der Waals surface area contributed by atoms with Gasteiger partial charge in [0, 0.05) is 5.41 Å². The number of carbonyl (C=O) groups excluding carboxylic acids is 1. The number of carbonyl (C=O) groups is 1. The molecule has 0 aromatic rings. The van der Waals surface area contributed by atoms with Crippen molar-refractivity contribution in [1.29, 1.82) is 0 Å². The van der Waals surface area contributed by atoms with E-state index in [4.69, 9.17) is 0 Å². The Morgan fingerprint density at radius 1 is 0.958 bits per heavy atom. The Balaban J connectivity index is 1.65. The van der Waals surface area contributed by atoms with Gasteiger partial charge in [-0.2, -0.15) is 0 Å². The summed E-state index contributed by atoms with van der Waals surface area (Å²) in [5.74, 6) is 2.52. The maximum Gasteiger partial charge on any atom is 0.161 e. The molecule has 0 radical (unpaired) electrons. The number of Topliss-reactive ketones (excluding diaryl/α,β-unsaturated/α-hetero) is 1. The van der Waals surface area contributed by atoms with E-state index in [9.17, 15) is 15.0 Å². The molecule has 0 aliphatic heterocycles. The number of aliphatic hydroxyl groups is 2. The van der Waals surface area contributed by atoms with Gasteiger partial charge in [0.1, 0.15) is 5.60 Å². The summed E-state index contributed by atoms with van der Waals surface area (Å²) in [4.78, 5) is 12.2. The molecule has 136 valence electrons. The molecule has 4 aliphatic rings. The van der Waals surface area contributed by atoms with Gasteiger partial charge in [-0.05, 0) is 93.8 Å². The maximum absolute atomic E-state index is 12.2. The molecular weight excluding hydrogens is 300 g/mol. The van der Waals surface area contributed by atoms with E-state index in [1.54, 1.807) is 6.92 Å². The topological polar surface area (TPSA) is 57.5 Å². The van der Waals surface area contributed by atoms with Crippen molar-refractivity contribution in [3.8, 4) is 0 Å². The van der Waals surface area contributed by atoms with Crippen molar-refractivity contribution in [2.24, 2.45) is 34.5 Å². The molecule has 0 amide bonds. The molecule has 1 unspecified atom stereocenters. The highest BCUT2D eigenvalue weighted by atomic mass is 16.3. The van der Waals surface area contributed by atoms with Crippen LogP contribution in [-0.2, 0) is 4.79 Å². The van der Waals surface area contributed by atoms with E-state index < -0.39 is 5.60 Å². The van der Waals surface area contributed by atoms with Gasteiger partial charge in [0.05, 0.1) is 6.10 Å². The molecule has 4 fully saturated rings. The Bertz CT molecular complexity index is 545. The van der Waals surface area contributed by atoms with Gasteiger partial charge in [0.2, 0.25) is 0 Å².